The molecule has 5 heteroatoms. The van der Waals surface area contributed by atoms with E-state index in [0.29, 0.717) is 28.0 Å². The monoisotopic (exact) mass is 412 g/mol. The number of hydrogen-bond donors (Lipinski definition) is 0. The Morgan fingerprint density at radius 1 is 0.933 bits per heavy atom. The van der Waals surface area contributed by atoms with Gasteiger partial charge in [0.15, 0.2) is 10.6 Å². The molecule has 0 fully saturated rings. The van der Waals surface area contributed by atoms with Crippen molar-refractivity contribution < 1.29 is 9.59 Å². The smallest absolute Gasteiger partial charge is 0.279 e. The summed E-state index contributed by atoms with van der Waals surface area (Å²) in [6, 6.07) is 21.8. The van der Waals surface area contributed by atoms with Crippen LogP contribution in [0.5, 0.6) is 0 Å². The van der Waals surface area contributed by atoms with Crippen LogP contribution >= 0.6 is 11.3 Å². The van der Waals surface area contributed by atoms with Gasteiger partial charge in [0.2, 0.25) is 0 Å². The molecule has 30 heavy (non-hydrogen) atoms. The lowest BCUT2D eigenvalue weighted by molar-refractivity contribution is 0.0994. The maximum Gasteiger partial charge on any atom is 0.279 e. The van der Waals surface area contributed by atoms with Gasteiger partial charge in [-0.3, -0.25) is 9.59 Å². The number of allylic oxidation sites excluding steroid dienone is 1. The first-order chi connectivity index (χ1) is 14.6. The molecule has 3 aromatic carbocycles. The summed E-state index contributed by atoms with van der Waals surface area (Å²) in [6.45, 7) is 6.44. The molecular formula is C25H20N2O2S. The van der Waals surface area contributed by atoms with Crippen LogP contribution in [0.15, 0.2) is 90.4 Å². The van der Waals surface area contributed by atoms with Gasteiger partial charge in [0.25, 0.3) is 5.91 Å². The molecule has 0 radical (unpaired) electrons. The Morgan fingerprint density at radius 3 is 2.30 bits per heavy atom. The number of fused-ring (bicyclic) bond motifs is 1. The molecule has 4 nitrogen and oxygen atoms in total. The molecule has 0 aliphatic carbocycles. The zero-order chi connectivity index (χ0) is 21.1. The summed E-state index contributed by atoms with van der Waals surface area (Å²) in [5, 5.41) is 0. The molecule has 0 saturated carbocycles. The summed E-state index contributed by atoms with van der Waals surface area (Å²) in [5.41, 5.74) is 3.80. The zero-order valence-electron chi connectivity index (χ0n) is 16.5. The number of rotatable bonds is 5. The van der Waals surface area contributed by atoms with Crippen molar-refractivity contribution in [2.24, 2.45) is 4.99 Å². The highest BCUT2D eigenvalue weighted by Crippen LogP contribution is 2.21. The number of aromatic nitrogens is 1. The van der Waals surface area contributed by atoms with E-state index >= 15 is 0 Å². The lowest BCUT2D eigenvalue weighted by Gasteiger charge is -2.04. The van der Waals surface area contributed by atoms with E-state index in [9.17, 15) is 9.59 Å². The number of para-hydroxylation sites is 1. The van der Waals surface area contributed by atoms with Gasteiger partial charge in [-0.1, -0.05) is 72.0 Å². The van der Waals surface area contributed by atoms with Gasteiger partial charge >= 0.3 is 0 Å². The predicted molar refractivity (Wildman–Crippen MR) is 121 cm³/mol. The van der Waals surface area contributed by atoms with Gasteiger partial charge < -0.3 is 4.57 Å². The molecule has 1 amide bonds. The quantitative estimate of drug-likeness (QED) is 0.335. The minimum atomic E-state index is -0.337. The molecule has 4 aromatic rings. The molecule has 0 unspecified atom stereocenters. The van der Waals surface area contributed by atoms with Crippen molar-refractivity contribution in [3.8, 4) is 0 Å². The summed E-state index contributed by atoms with van der Waals surface area (Å²) >= 11 is 1.48. The lowest BCUT2D eigenvalue weighted by Crippen LogP contribution is -2.16. The first-order valence-corrected chi connectivity index (χ1v) is 10.4. The molecule has 0 spiro atoms. The van der Waals surface area contributed by atoms with Gasteiger partial charge in [0.05, 0.1) is 10.2 Å². The Hall–Kier alpha value is -3.57. The van der Waals surface area contributed by atoms with Gasteiger partial charge in [-0.2, -0.15) is 4.99 Å². The van der Waals surface area contributed by atoms with Crippen molar-refractivity contribution in [3.63, 3.8) is 0 Å². The summed E-state index contributed by atoms with van der Waals surface area (Å²) < 4.78 is 3.08. The first kappa shape index (κ1) is 19.7. The molecule has 4 rings (SSSR count). The number of carbonyl (C=O) groups is 2. The van der Waals surface area contributed by atoms with Crippen molar-refractivity contribution in [1.29, 1.82) is 0 Å². The number of carbonyl (C=O) groups excluding carboxylic acids is 2. The average molecular weight is 413 g/mol. The molecule has 148 valence electrons. The van der Waals surface area contributed by atoms with E-state index in [-0.39, 0.29) is 11.7 Å². The Kier molecular flexibility index (Phi) is 5.55. The number of nitrogens with zero attached hydrogens (tertiary/aromatic N) is 2. The van der Waals surface area contributed by atoms with E-state index in [1.807, 2.05) is 47.9 Å². The van der Waals surface area contributed by atoms with Crippen LogP contribution < -0.4 is 4.80 Å². The van der Waals surface area contributed by atoms with Crippen molar-refractivity contribution in [1.82, 2.24) is 4.57 Å². The molecule has 0 aliphatic heterocycles. The van der Waals surface area contributed by atoms with Gasteiger partial charge in [0, 0.05) is 23.2 Å². The van der Waals surface area contributed by atoms with Gasteiger partial charge in [-0.05, 0) is 30.7 Å². The molecular weight excluding hydrogens is 392 g/mol. The van der Waals surface area contributed by atoms with E-state index in [1.54, 1.807) is 42.5 Å². The number of amides is 1. The SMILES string of the molecule is C=CCn1c(=NC(=O)c2ccc(C(=O)c3ccccc3)cc2)sc2cccc(C)c21. The highest BCUT2D eigenvalue weighted by Gasteiger charge is 2.12. The average Bonchev–Trinajstić information content (AvgIpc) is 3.12. The van der Waals surface area contributed by atoms with Crippen LogP contribution in [0.3, 0.4) is 0 Å². The summed E-state index contributed by atoms with van der Waals surface area (Å²) in [4.78, 5) is 30.3. The highest BCUT2D eigenvalue weighted by molar-refractivity contribution is 7.16. The van der Waals surface area contributed by atoms with E-state index in [4.69, 9.17) is 0 Å². The van der Waals surface area contributed by atoms with Crippen LogP contribution in [0.4, 0.5) is 0 Å². The van der Waals surface area contributed by atoms with E-state index in [1.165, 1.54) is 11.3 Å². The van der Waals surface area contributed by atoms with Crippen molar-refractivity contribution in [3.05, 3.63) is 113 Å². The Balaban J connectivity index is 1.68. The Labute approximate surface area is 178 Å². The lowest BCUT2D eigenvalue weighted by atomic mass is 10.0. The normalized spacial score (nSPS) is 11.6. The highest BCUT2D eigenvalue weighted by atomic mass is 32.1. The van der Waals surface area contributed by atoms with E-state index in [2.05, 4.69) is 11.6 Å². The fourth-order valence-electron chi connectivity index (χ4n) is 3.36. The third kappa shape index (κ3) is 3.80. The topological polar surface area (TPSA) is 51.4 Å². The van der Waals surface area contributed by atoms with Crippen LogP contribution in [0.1, 0.15) is 31.8 Å². The fourth-order valence-corrected chi connectivity index (χ4v) is 4.48. The number of thiazole rings is 1. The van der Waals surface area contributed by atoms with E-state index < -0.39 is 0 Å². The number of benzene rings is 3. The van der Waals surface area contributed by atoms with Gasteiger partial charge in [-0.25, -0.2) is 0 Å². The molecule has 0 aliphatic rings. The van der Waals surface area contributed by atoms with E-state index in [0.717, 1.165) is 15.8 Å². The maximum atomic E-state index is 12.8. The third-order valence-electron chi connectivity index (χ3n) is 4.84. The molecule has 0 atom stereocenters. The zero-order valence-corrected chi connectivity index (χ0v) is 17.4. The molecule has 0 N–H and O–H groups in total. The maximum absolute atomic E-state index is 12.8. The second-order valence-electron chi connectivity index (χ2n) is 6.90. The summed E-state index contributed by atoms with van der Waals surface area (Å²) in [5.74, 6) is -0.411. The second kappa shape index (κ2) is 8.43. The van der Waals surface area contributed by atoms with Crippen molar-refractivity contribution in [2.75, 3.05) is 0 Å². The van der Waals surface area contributed by atoms with Gasteiger partial charge in [0.1, 0.15) is 0 Å². The number of aryl methyl sites for hydroxylation is 1. The minimum absolute atomic E-state index is 0.0738. The fraction of sp³-hybridized carbons (Fsp3) is 0.0800. The molecule has 0 saturated heterocycles. The van der Waals surface area contributed by atoms with Crippen LogP contribution in [-0.4, -0.2) is 16.3 Å². The summed E-state index contributed by atoms with van der Waals surface area (Å²) in [7, 11) is 0. The number of hydrogen-bond acceptors (Lipinski definition) is 3. The largest absolute Gasteiger partial charge is 0.312 e. The standard InChI is InChI=1S/C25H20N2O2S/c1-3-16-27-22-17(2)8-7-11-21(22)30-25(27)26-24(29)20-14-12-19(13-15-20)23(28)18-9-5-4-6-10-18/h3-15H,1,16H2,2H3. The molecule has 1 aromatic heterocycles. The molecule has 0 bridgehead atoms. The summed E-state index contributed by atoms with van der Waals surface area (Å²) in [6.07, 6.45) is 1.80. The van der Waals surface area contributed by atoms with Crippen LogP contribution in [-0.2, 0) is 6.54 Å². The third-order valence-corrected chi connectivity index (χ3v) is 5.89. The van der Waals surface area contributed by atoms with Crippen LogP contribution in [0, 0.1) is 6.92 Å². The first-order valence-electron chi connectivity index (χ1n) is 9.57. The van der Waals surface area contributed by atoms with Crippen LogP contribution in [0.25, 0.3) is 10.2 Å². The second-order valence-corrected chi connectivity index (χ2v) is 7.90. The van der Waals surface area contributed by atoms with Crippen molar-refractivity contribution >= 4 is 33.2 Å². The predicted octanol–water partition coefficient (Wildman–Crippen LogP) is 5.17. The van der Waals surface area contributed by atoms with Gasteiger partial charge in [-0.15, -0.1) is 6.58 Å². The minimum Gasteiger partial charge on any atom is -0.312 e. The Bertz CT molecular complexity index is 1310. The Morgan fingerprint density at radius 2 is 1.60 bits per heavy atom. The molecule has 1 heterocycles. The number of ketones is 1. The van der Waals surface area contributed by atoms with Crippen molar-refractivity contribution in [2.45, 2.75) is 13.5 Å². The van der Waals surface area contributed by atoms with Crippen LogP contribution in [0.2, 0.25) is 0 Å².